The van der Waals surface area contributed by atoms with E-state index in [-0.39, 0.29) is 0 Å². The van der Waals surface area contributed by atoms with Gasteiger partial charge >= 0.3 is 0 Å². The molecule has 3 atom stereocenters. The number of nitrogens with zero attached hydrogens (tertiary/aromatic N) is 1. The van der Waals surface area contributed by atoms with Crippen LogP contribution in [-0.2, 0) is 4.74 Å². The van der Waals surface area contributed by atoms with Gasteiger partial charge in [-0.15, -0.1) is 0 Å². The lowest BCUT2D eigenvalue weighted by molar-refractivity contribution is -0.00631. The van der Waals surface area contributed by atoms with Gasteiger partial charge in [0.25, 0.3) is 0 Å². The SMILES string of the molecule is CCC1CN(C(C)CCOC)C(C)(C2CC2)CN1. The molecule has 3 heteroatoms. The highest BCUT2D eigenvalue weighted by molar-refractivity contribution is 5.05. The molecule has 0 amide bonds. The second-order valence-corrected chi connectivity index (χ2v) is 6.40. The van der Waals surface area contributed by atoms with Gasteiger partial charge in [0.05, 0.1) is 0 Å². The molecule has 18 heavy (non-hydrogen) atoms. The van der Waals surface area contributed by atoms with Crippen LogP contribution in [0.15, 0.2) is 0 Å². The summed E-state index contributed by atoms with van der Waals surface area (Å²) in [6, 6.07) is 1.30. The minimum absolute atomic E-state index is 0.374. The van der Waals surface area contributed by atoms with E-state index in [1.54, 1.807) is 7.11 Å². The van der Waals surface area contributed by atoms with Crippen LogP contribution in [0.5, 0.6) is 0 Å². The molecule has 0 aromatic rings. The molecule has 1 N–H and O–H groups in total. The molecule has 1 aliphatic carbocycles. The van der Waals surface area contributed by atoms with Crippen LogP contribution in [0.4, 0.5) is 0 Å². The van der Waals surface area contributed by atoms with Gasteiger partial charge in [0, 0.05) is 44.4 Å². The van der Waals surface area contributed by atoms with Gasteiger partial charge in [0.2, 0.25) is 0 Å². The molecule has 0 bridgehead atoms. The fraction of sp³-hybridized carbons (Fsp3) is 1.00. The van der Waals surface area contributed by atoms with Gasteiger partial charge in [-0.1, -0.05) is 6.92 Å². The van der Waals surface area contributed by atoms with Crippen molar-refractivity contribution < 1.29 is 4.74 Å². The fourth-order valence-electron chi connectivity index (χ4n) is 3.45. The third-order valence-corrected chi connectivity index (χ3v) is 5.04. The Morgan fingerprint density at radius 2 is 2.17 bits per heavy atom. The number of hydrogen-bond acceptors (Lipinski definition) is 3. The van der Waals surface area contributed by atoms with Crippen molar-refractivity contribution in [2.24, 2.45) is 5.92 Å². The van der Waals surface area contributed by atoms with Crippen LogP contribution in [-0.4, -0.2) is 49.3 Å². The van der Waals surface area contributed by atoms with E-state index >= 15 is 0 Å². The average molecular weight is 254 g/mol. The van der Waals surface area contributed by atoms with E-state index in [2.05, 4.69) is 31.0 Å². The molecule has 1 heterocycles. The maximum Gasteiger partial charge on any atom is 0.0477 e. The fourth-order valence-corrected chi connectivity index (χ4v) is 3.45. The Hall–Kier alpha value is -0.120. The van der Waals surface area contributed by atoms with E-state index in [4.69, 9.17) is 4.74 Å². The van der Waals surface area contributed by atoms with Crippen LogP contribution >= 0.6 is 0 Å². The predicted molar refractivity (Wildman–Crippen MR) is 75.9 cm³/mol. The highest BCUT2D eigenvalue weighted by Gasteiger charge is 2.49. The zero-order valence-electron chi connectivity index (χ0n) is 12.5. The number of nitrogens with one attached hydrogen (secondary N) is 1. The Kier molecular flexibility index (Phi) is 4.68. The van der Waals surface area contributed by atoms with Crippen LogP contribution in [0.25, 0.3) is 0 Å². The Balaban J connectivity index is 2.03. The molecule has 0 aromatic carbocycles. The highest BCUT2D eigenvalue weighted by atomic mass is 16.5. The lowest BCUT2D eigenvalue weighted by atomic mass is 9.87. The third-order valence-electron chi connectivity index (χ3n) is 5.04. The van der Waals surface area contributed by atoms with Crippen LogP contribution in [0.2, 0.25) is 0 Å². The number of ether oxygens (including phenoxy) is 1. The molecule has 0 radical (unpaired) electrons. The normalized spacial score (nSPS) is 35.7. The summed E-state index contributed by atoms with van der Waals surface area (Å²) in [5.74, 6) is 0.910. The second-order valence-electron chi connectivity index (χ2n) is 6.40. The first kappa shape index (κ1) is 14.3. The number of hydrogen-bond donors (Lipinski definition) is 1. The molecule has 1 saturated carbocycles. The van der Waals surface area contributed by atoms with Gasteiger partial charge in [0.1, 0.15) is 0 Å². The lowest BCUT2D eigenvalue weighted by Crippen LogP contribution is -2.66. The van der Waals surface area contributed by atoms with Gasteiger partial charge < -0.3 is 10.1 Å². The number of methoxy groups -OCH3 is 1. The van der Waals surface area contributed by atoms with Gasteiger partial charge in [0.15, 0.2) is 0 Å². The van der Waals surface area contributed by atoms with Gasteiger partial charge in [-0.2, -0.15) is 0 Å². The Morgan fingerprint density at radius 1 is 1.44 bits per heavy atom. The highest BCUT2D eigenvalue weighted by Crippen LogP contribution is 2.45. The quantitative estimate of drug-likeness (QED) is 0.787. The average Bonchev–Trinajstić information content (AvgIpc) is 3.21. The van der Waals surface area contributed by atoms with Crippen LogP contribution in [0.3, 0.4) is 0 Å². The van der Waals surface area contributed by atoms with Crippen molar-refractivity contribution in [1.82, 2.24) is 10.2 Å². The van der Waals surface area contributed by atoms with E-state index < -0.39 is 0 Å². The van der Waals surface area contributed by atoms with Crippen LogP contribution < -0.4 is 5.32 Å². The smallest absolute Gasteiger partial charge is 0.0477 e. The van der Waals surface area contributed by atoms with Gasteiger partial charge in [-0.3, -0.25) is 4.90 Å². The molecule has 2 rings (SSSR count). The molecule has 1 aliphatic heterocycles. The van der Waals surface area contributed by atoms with Crippen molar-refractivity contribution in [3.63, 3.8) is 0 Å². The first-order valence-electron chi connectivity index (χ1n) is 7.61. The number of piperazine rings is 1. The molecule has 0 spiro atoms. The Bertz CT molecular complexity index is 267. The van der Waals surface area contributed by atoms with E-state index in [1.807, 2.05) is 0 Å². The largest absolute Gasteiger partial charge is 0.385 e. The standard InChI is InChI=1S/C15H30N2O/c1-5-14-10-17(12(2)8-9-18-4)15(3,11-16-14)13-6-7-13/h12-14,16H,5-11H2,1-4H3. The van der Waals surface area contributed by atoms with E-state index in [0.717, 1.165) is 25.5 Å². The molecule has 2 fully saturated rings. The topological polar surface area (TPSA) is 24.5 Å². The van der Waals surface area contributed by atoms with Gasteiger partial charge in [-0.25, -0.2) is 0 Å². The van der Waals surface area contributed by atoms with Gasteiger partial charge in [-0.05, 0) is 45.4 Å². The van der Waals surface area contributed by atoms with Crippen LogP contribution in [0.1, 0.15) is 46.5 Å². The van der Waals surface area contributed by atoms with Crippen molar-refractivity contribution in [1.29, 1.82) is 0 Å². The summed E-state index contributed by atoms with van der Waals surface area (Å²) in [4.78, 5) is 2.77. The first-order valence-corrected chi connectivity index (χ1v) is 7.61. The van der Waals surface area contributed by atoms with Crippen molar-refractivity contribution in [2.45, 2.75) is 64.1 Å². The van der Waals surface area contributed by atoms with Crippen LogP contribution in [0, 0.1) is 5.92 Å². The van der Waals surface area contributed by atoms with E-state index in [1.165, 1.54) is 25.8 Å². The molecular weight excluding hydrogens is 224 g/mol. The maximum atomic E-state index is 5.26. The minimum Gasteiger partial charge on any atom is -0.385 e. The van der Waals surface area contributed by atoms with Crippen molar-refractivity contribution in [3.05, 3.63) is 0 Å². The molecule has 1 saturated heterocycles. The third kappa shape index (κ3) is 2.89. The molecule has 2 aliphatic rings. The van der Waals surface area contributed by atoms with E-state index in [0.29, 0.717) is 17.6 Å². The molecule has 3 unspecified atom stereocenters. The molecule has 3 nitrogen and oxygen atoms in total. The van der Waals surface area contributed by atoms with E-state index in [9.17, 15) is 0 Å². The zero-order valence-corrected chi connectivity index (χ0v) is 12.5. The zero-order chi connectivity index (χ0) is 13.2. The van der Waals surface area contributed by atoms with Crippen molar-refractivity contribution in [3.8, 4) is 0 Å². The summed E-state index contributed by atoms with van der Waals surface area (Å²) in [5, 5.41) is 3.75. The second kappa shape index (κ2) is 5.89. The first-order chi connectivity index (χ1) is 8.61. The monoisotopic (exact) mass is 254 g/mol. The Morgan fingerprint density at radius 3 is 2.72 bits per heavy atom. The van der Waals surface area contributed by atoms with Crippen molar-refractivity contribution >= 4 is 0 Å². The summed E-state index contributed by atoms with van der Waals surface area (Å²) < 4.78 is 5.26. The maximum absolute atomic E-state index is 5.26. The minimum atomic E-state index is 0.374. The molecular formula is C15H30N2O. The summed E-state index contributed by atoms with van der Waals surface area (Å²) in [5.41, 5.74) is 0.374. The number of rotatable bonds is 6. The summed E-state index contributed by atoms with van der Waals surface area (Å²) >= 11 is 0. The lowest BCUT2D eigenvalue weighted by Gasteiger charge is -2.51. The predicted octanol–water partition coefficient (Wildman–Crippen LogP) is 2.26. The summed E-state index contributed by atoms with van der Waals surface area (Å²) in [6.45, 7) is 10.4. The summed E-state index contributed by atoms with van der Waals surface area (Å²) in [7, 11) is 1.80. The van der Waals surface area contributed by atoms with Crippen molar-refractivity contribution in [2.75, 3.05) is 26.8 Å². The Labute approximate surface area is 112 Å². The summed E-state index contributed by atoms with van der Waals surface area (Å²) in [6.07, 6.45) is 5.22. The molecule has 0 aromatic heterocycles. The molecule has 106 valence electrons.